The summed E-state index contributed by atoms with van der Waals surface area (Å²) < 4.78 is 10.7. The van der Waals surface area contributed by atoms with E-state index in [2.05, 4.69) is 5.32 Å². The van der Waals surface area contributed by atoms with E-state index >= 15 is 0 Å². The molecule has 0 bridgehead atoms. The number of hydrogen-bond acceptors (Lipinski definition) is 5. The smallest absolute Gasteiger partial charge is 0.306 e. The van der Waals surface area contributed by atoms with Gasteiger partial charge in [0.1, 0.15) is 5.75 Å². The molecular formula is C22H22ClNO5. The molecule has 0 saturated carbocycles. The van der Waals surface area contributed by atoms with E-state index in [0.29, 0.717) is 29.3 Å². The minimum absolute atomic E-state index is 0.0907. The molecule has 1 aliphatic heterocycles. The molecule has 0 spiro atoms. The van der Waals surface area contributed by atoms with Crippen LogP contribution in [0.25, 0.3) is 0 Å². The lowest BCUT2D eigenvalue weighted by molar-refractivity contribution is -0.142. The molecule has 2 aromatic rings. The first-order chi connectivity index (χ1) is 13.8. The van der Waals surface area contributed by atoms with Crippen LogP contribution in [0.5, 0.6) is 5.75 Å². The highest BCUT2D eigenvalue weighted by molar-refractivity contribution is 6.30. The first kappa shape index (κ1) is 20.9. The Kier molecular flexibility index (Phi) is 6.54. The van der Waals surface area contributed by atoms with E-state index in [0.717, 1.165) is 16.9 Å². The Morgan fingerprint density at radius 3 is 2.72 bits per heavy atom. The van der Waals surface area contributed by atoms with Gasteiger partial charge in [0.15, 0.2) is 12.4 Å². The lowest BCUT2D eigenvalue weighted by Gasteiger charge is -2.09. The second-order valence-electron chi connectivity index (χ2n) is 6.96. The molecule has 0 fully saturated rings. The number of nitrogens with one attached hydrogen (secondary N) is 1. The van der Waals surface area contributed by atoms with Crippen LogP contribution in [0, 0.1) is 6.92 Å². The van der Waals surface area contributed by atoms with Crippen molar-refractivity contribution in [1.82, 2.24) is 0 Å². The second kappa shape index (κ2) is 9.09. The van der Waals surface area contributed by atoms with Crippen LogP contribution >= 0.6 is 11.6 Å². The van der Waals surface area contributed by atoms with Crippen molar-refractivity contribution in [3.8, 4) is 5.75 Å². The predicted octanol–water partition coefficient (Wildman–Crippen LogP) is 4.29. The molecule has 6 nitrogen and oxygen atoms in total. The van der Waals surface area contributed by atoms with Gasteiger partial charge in [-0.05, 0) is 67.8 Å². The standard InChI is InChI=1S/C22H22ClNO5/c1-13-10-16(23)6-8-20(13)28-9-3-4-21(26)29-12-19(25)15-5-7-18-17(11-15)14(2)22(27)24-18/h5-8,10-11,14H,3-4,9,12H2,1-2H3,(H,24,27)/t14-/m0/s1. The third kappa shape index (κ3) is 5.15. The molecule has 7 heteroatoms. The summed E-state index contributed by atoms with van der Waals surface area (Å²) in [7, 11) is 0. The van der Waals surface area contributed by atoms with Crippen LogP contribution in [0.3, 0.4) is 0 Å². The molecule has 1 amide bonds. The van der Waals surface area contributed by atoms with Gasteiger partial charge in [-0.2, -0.15) is 0 Å². The third-order valence-electron chi connectivity index (χ3n) is 4.78. The maximum atomic E-state index is 12.3. The molecule has 1 N–H and O–H groups in total. The average molecular weight is 416 g/mol. The molecule has 2 aromatic carbocycles. The number of ether oxygens (including phenoxy) is 2. The summed E-state index contributed by atoms with van der Waals surface area (Å²) in [5.74, 6) is -0.435. The number of fused-ring (bicyclic) bond motifs is 1. The molecule has 3 rings (SSSR count). The Morgan fingerprint density at radius 2 is 1.97 bits per heavy atom. The lowest BCUT2D eigenvalue weighted by atomic mass is 9.99. The number of esters is 1. The fourth-order valence-electron chi connectivity index (χ4n) is 3.07. The average Bonchev–Trinajstić information content (AvgIpc) is 2.98. The monoisotopic (exact) mass is 415 g/mol. The van der Waals surface area contributed by atoms with E-state index in [1.165, 1.54) is 0 Å². The molecule has 0 aromatic heterocycles. The molecule has 0 unspecified atom stereocenters. The molecule has 1 atom stereocenters. The minimum atomic E-state index is -0.457. The van der Waals surface area contributed by atoms with Crippen molar-refractivity contribution in [3.05, 3.63) is 58.1 Å². The van der Waals surface area contributed by atoms with Crippen LogP contribution in [-0.2, 0) is 14.3 Å². The second-order valence-corrected chi connectivity index (χ2v) is 7.40. The Balaban J connectivity index is 1.41. The Labute approximate surface area is 174 Å². The number of carbonyl (C=O) groups is 3. The first-order valence-corrected chi connectivity index (χ1v) is 9.75. The summed E-state index contributed by atoms with van der Waals surface area (Å²) in [5, 5.41) is 3.40. The number of carbonyl (C=O) groups excluding carboxylic acids is 3. The van der Waals surface area contributed by atoms with E-state index in [4.69, 9.17) is 21.1 Å². The largest absolute Gasteiger partial charge is 0.493 e. The first-order valence-electron chi connectivity index (χ1n) is 9.37. The quantitative estimate of drug-likeness (QED) is 0.395. The van der Waals surface area contributed by atoms with Crippen LogP contribution in [0.15, 0.2) is 36.4 Å². The summed E-state index contributed by atoms with van der Waals surface area (Å²) in [6, 6.07) is 10.3. The van der Waals surface area contributed by atoms with E-state index in [9.17, 15) is 14.4 Å². The maximum Gasteiger partial charge on any atom is 0.306 e. The number of Topliss-reactive ketones (excluding diaryl/α,β-unsaturated/α-hetero) is 1. The Hall–Kier alpha value is -2.86. The van der Waals surface area contributed by atoms with Crippen molar-refractivity contribution in [2.45, 2.75) is 32.6 Å². The van der Waals surface area contributed by atoms with Gasteiger partial charge in [0.25, 0.3) is 0 Å². The van der Waals surface area contributed by atoms with Crippen molar-refractivity contribution in [1.29, 1.82) is 0 Å². The highest BCUT2D eigenvalue weighted by Gasteiger charge is 2.27. The summed E-state index contributed by atoms with van der Waals surface area (Å²) in [6.07, 6.45) is 0.624. The number of hydrogen-bond donors (Lipinski definition) is 1. The van der Waals surface area contributed by atoms with Crippen molar-refractivity contribution >= 4 is 34.9 Å². The van der Waals surface area contributed by atoms with Gasteiger partial charge < -0.3 is 14.8 Å². The Bertz CT molecular complexity index is 956. The van der Waals surface area contributed by atoms with E-state index in [-0.39, 0.29) is 30.6 Å². The molecule has 152 valence electrons. The molecule has 0 saturated heterocycles. The van der Waals surface area contributed by atoms with Crippen LogP contribution in [0.2, 0.25) is 5.02 Å². The van der Waals surface area contributed by atoms with E-state index in [1.807, 2.05) is 13.0 Å². The summed E-state index contributed by atoms with van der Waals surface area (Å²) in [4.78, 5) is 35.9. The van der Waals surface area contributed by atoms with Gasteiger partial charge in [-0.15, -0.1) is 0 Å². The van der Waals surface area contributed by atoms with Crippen molar-refractivity contribution < 1.29 is 23.9 Å². The predicted molar refractivity (Wildman–Crippen MR) is 110 cm³/mol. The maximum absolute atomic E-state index is 12.3. The van der Waals surface area contributed by atoms with E-state index in [1.54, 1.807) is 37.3 Å². The number of benzene rings is 2. The Morgan fingerprint density at radius 1 is 1.17 bits per heavy atom. The fourth-order valence-corrected chi connectivity index (χ4v) is 3.29. The lowest BCUT2D eigenvalue weighted by Crippen LogP contribution is -2.15. The number of amides is 1. The molecule has 0 aliphatic carbocycles. The zero-order valence-electron chi connectivity index (χ0n) is 16.3. The molecular weight excluding hydrogens is 394 g/mol. The third-order valence-corrected chi connectivity index (χ3v) is 5.01. The van der Waals surface area contributed by atoms with E-state index < -0.39 is 5.97 Å². The van der Waals surface area contributed by atoms with Crippen LogP contribution in [0.4, 0.5) is 5.69 Å². The number of rotatable bonds is 8. The van der Waals surface area contributed by atoms with Crippen molar-refractivity contribution in [2.75, 3.05) is 18.5 Å². The number of aryl methyl sites for hydroxylation is 1. The normalized spacial score (nSPS) is 14.9. The topological polar surface area (TPSA) is 81.7 Å². The van der Waals surface area contributed by atoms with Crippen LogP contribution < -0.4 is 10.1 Å². The van der Waals surface area contributed by atoms with Crippen LogP contribution in [0.1, 0.15) is 47.2 Å². The summed E-state index contributed by atoms with van der Waals surface area (Å²) >= 11 is 5.90. The van der Waals surface area contributed by atoms with Gasteiger partial charge in [0, 0.05) is 22.7 Å². The highest BCUT2D eigenvalue weighted by Crippen LogP contribution is 2.32. The number of anilines is 1. The van der Waals surface area contributed by atoms with Gasteiger partial charge in [-0.3, -0.25) is 14.4 Å². The van der Waals surface area contributed by atoms with Gasteiger partial charge in [-0.25, -0.2) is 0 Å². The highest BCUT2D eigenvalue weighted by atomic mass is 35.5. The zero-order chi connectivity index (χ0) is 21.0. The van der Waals surface area contributed by atoms with Crippen molar-refractivity contribution in [2.24, 2.45) is 0 Å². The molecule has 1 aliphatic rings. The molecule has 29 heavy (non-hydrogen) atoms. The zero-order valence-corrected chi connectivity index (χ0v) is 17.0. The van der Waals surface area contributed by atoms with Gasteiger partial charge in [0.2, 0.25) is 5.91 Å². The number of halogens is 1. The summed E-state index contributed by atoms with van der Waals surface area (Å²) in [6.45, 7) is 3.70. The fraction of sp³-hybridized carbons (Fsp3) is 0.318. The van der Waals surface area contributed by atoms with Gasteiger partial charge >= 0.3 is 5.97 Å². The molecule has 0 radical (unpaired) electrons. The SMILES string of the molecule is Cc1cc(Cl)ccc1OCCCC(=O)OCC(=O)c1ccc2c(c1)[C@H](C)C(=O)N2. The van der Waals surface area contributed by atoms with Gasteiger partial charge in [-0.1, -0.05) is 11.6 Å². The minimum Gasteiger partial charge on any atom is -0.493 e. The number of ketones is 1. The van der Waals surface area contributed by atoms with Crippen LogP contribution in [-0.4, -0.2) is 30.9 Å². The summed E-state index contributed by atoms with van der Waals surface area (Å²) in [5.41, 5.74) is 2.83. The van der Waals surface area contributed by atoms with Crippen molar-refractivity contribution in [3.63, 3.8) is 0 Å². The molecule has 1 heterocycles. The van der Waals surface area contributed by atoms with Gasteiger partial charge in [0.05, 0.1) is 12.5 Å².